The van der Waals surface area contributed by atoms with E-state index in [1.165, 1.54) is 0 Å². The van der Waals surface area contributed by atoms with Gasteiger partial charge in [0.05, 0.1) is 6.61 Å². The van der Waals surface area contributed by atoms with E-state index in [0.717, 1.165) is 31.2 Å². The van der Waals surface area contributed by atoms with Gasteiger partial charge in [0.1, 0.15) is 12.4 Å². The molecule has 0 bridgehead atoms. The summed E-state index contributed by atoms with van der Waals surface area (Å²) in [4.78, 5) is 36.4. The number of esters is 1. The van der Waals surface area contributed by atoms with Crippen LogP contribution in [0.4, 0.5) is 0 Å². The van der Waals surface area contributed by atoms with Crippen LogP contribution < -0.4 is 0 Å². The molecule has 1 aromatic carbocycles. The third kappa shape index (κ3) is 8.18. The monoisotopic (exact) mass is 462 g/mol. The van der Waals surface area contributed by atoms with E-state index < -0.39 is 0 Å². The smallest absolute Gasteiger partial charge is 0.305 e. The molecule has 0 aliphatic heterocycles. The molecule has 1 aliphatic rings. The van der Waals surface area contributed by atoms with Crippen molar-refractivity contribution >= 4 is 29.1 Å². The van der Waals surface area contributed by atoms with Crippen molar-refractivity contribution in [2.45, 2.75) is 76.0 Å². The first-order chi connectivity index (χ1) is 15.5. The molecule has 1 aromatic rings. The highest BCUT2D eigenvalue weighted by molar-refractivity contribution is 6.23. The summed E-state index contributed by atoms with van der Waals surface area (Å²) in [7, 11) is 0. The Morgan fingerprint density at radius 3 is 2.56 bits per heavy atom. The molecular formula is C26H35ClO5. The number of benzene rings is 1. The Morgan fingerprint density at radius 2 is 1.88 bits per heavy atom. The van der Waals surface area contributed by atoms with Crippen LogP contribution in [0.2, 0.25) is 0 Å². The number of aliphatic hydroxyl groups is 1. The van der Waals surface area contributed by atoms with Gasteiger partial charge in [-0.05, 0) is 37.2 Å². The number of carbonyl (C=O) groups is 3. The maximum Gasteiger partial charge on any atom is 0.305 e. The first-order valence-corrected chi connectivity index (χ1v) is 12.1. The summed E-state index contributed by atoms with van der Waals surface area (Å²) >= 11 is 6.51. The highest BCUT2D eigenvalue weighted by atomic mass is 35.5. The van der Waals surface area contributed by atoms with E-state index >= 15 is 0 Å². The van der Waals surface area contributed by atoms with Gasteiger partial charge >= 0.3 is 5.97 Å². The van der Waals surface area contributed by atoms with Crippen molar-refractivity contribution in [3.05, 3.63) is 47.5 Å². The van der Waals surface area contributed by atoms with Gasteiger partial charge in [0.25, 0.3) is 0 Å². The highest BCUT2D eigenvalue weighted by Gasteiger charge is 2.41. The zero-order valence-electron chi connectivity index (χ0n) is 18.9. The molecule has 0 radical (unpaired) electrons. The fourth-order valence-electron chi connectivity index (χ4n) is 4.16. The number of halogens is 1. The van der Waals surface area contributed by atoms with Crippen molar-refractivity contribution in [2.24, 2.45) is 5.92 Å². The van der Waals surface area contributed by atoms with Crippen LogP contribution in [-0.4, -0.2) is 41.2 Å². The minimum absolute atomic E-state index is 0.0149. The average molecular weight is 463 g/mol. The first kappa shape index (κ1) is 26.3. The average Bonchev–Trinajstić information content (AvgIpc) is 3.07. The van der Waals surface area contributed by atoms with E-state index in [4.69, 9.17) is 21.4 Å². The van der Waals surface area contributed by atoms with Gasteiger partial charge in [0, 0.05) is 36.1 Å². The first-order valence-electron chi connectivity index (χ1n) is 11.7. The fourth-order valence-corrected chi connectivity index (χ4v) is 4.56. The molecule has 2 rings (SSSR count). The van der Waals surface area contributed by atoms with Crippen molar-refractivity contribution in [1.29, 1.82) is 0 Å². The number of allylic oxidation sites excluding steroid dienone is 2. The summed E-state index contributed by atoms with van der Waals surface area (Å²) < 4.78 is 4.83. The van der Waals surface area contributed by atoms with Gasteiger partial charge in [-0.2, -0.15) is 0 Å². The van der Waals surface area contributed by atoms with Crippen LogP contribution >= 0.6 is 11.6 Å². The highest BCUT2D eigenvalue weighted by Crippen LogP contribution is 2.42. The second-order valence-electron chi connectivity index (χ2n) is 8.37. The van der Waals surface area contributed by atoms with Gasteiger partial charge in [0.15, 0.2) is 5.78 Å². The van der Waals surface area contributed by atoms with Gasteiger partial charge in [-0.25, -0.2) is 0 Å². The number of ketones is 2. The van der Waals surface area contributed by atoms with Crippen molar-refractivity contribution in [3.63, 3.8) is 0 Å². The topological polar surface area (TPSA) is 80.7 Å². The van der Waals surface area contributed by atoms with E-state index in [1.54, 1.807) is 0 Å². The number of ether oxygens (including phenoxy) is 1. The second-order valence-corrected chi connectivity index (χ2v) is 8.93. The molecule has 1 aliphatic carbocycles. The standard InChI is InChI=1S/C26H35ClO5/c1-2-3-6-10-23(29)19-12-14-20(15-13-19)26-21(22(27)18-24(26)30)9-7-4-5-8-11-25(31)32-17-16-28/h4,7,12-15,21-22,26,28H,2-3,5-6,8-11,16-18H2,1H3/t21-,22+,26+/m0/s1. The van der Waals surface area contributed by atoms with Crippen LogP contribution in [0.25, 0.3) is 0 Å². The Labute approximate surface area is 196 Å². The Kier molecular flexibility index (Phi) is 11.7. The number of Topliss-reactive ketones (excluding diaryl/α,β-unsaturated/α-hetero) is 2. The minimum Gasteiger partial charge on any atom is -0.463 e. The maximum absolute atomic E-state index is 12.6. The SMILES string of the molecule is CCCCCC(=O)c1ccc([C@H]2C(=O)C[C@@H](Cl)[C@@H]2CC=CCCCC(=O)OCCO)cc1. The molecule has 1 saturated carbocycles. The normalized spacial score (nSPS) is 20.7. The van der Waals surface area contributed by atoms with E-state index in [2.05, 4.69) is 6.92 Å². The number of alkyl halides is 1. The lowest BCUT2D eigenvalue weighted by Crippen LogP contribution is -2.16. The van der Waals surface area contributed by atoms with Gasteiger partial charge in [0.2, 0.25) is 0 Å². The summed E-state index contributed by atoms with van der Waals surface area (Å²) in [6.07, 6.45) is 10.4. The summed E-state index contributed by atoms with van der Waals surface area (Å²) in [6.45, 7) is 1.99. The maximum atomic E-state index is 12.6. The molecule has 0 amide bonds. The summed E-state index contributed by atoms with van der Waals surface area (Å²) in [5.74, 6) is -0.238. The van der Waals surface area contributed by atoms with E-state index in [9.17, 15) is 14.4 Å². The summed E-state index contributed by atoms with van der Waals surface area (Å²) in [5, 5.41) is 8.44. The third-order valence-corrected chi connectivity index (χ3v) is 6.39. The van der Waals surface area contributed by atoms with E-state index in [0.29, 0.717) is 37.7 Å². The van der Waals surface area contributed by atoms with Crippen LogP contribution in [0.3, 0.4) is 0 Å². The van der Waals surface area contributed by atoms with E-state index in [-0.39, 0.29) is 48.0 Å². The molecule has 176 valence electrons. The summed E-state index contributed by atoms with van der Waals surface area (Å²) in [5.41, 5.74) is 1.62. The molecule has 5 nitrogen and oxygen atoms in total. The molecule has 32 heavy (non-hydrogen) atoms. The molecule has 0 aromatic heterocycles. The molecular weight excluding hydrogens is 428 g/mol. The van der Waals surface area contributed by atoms with Gasteiger partial charge in [-0.15, -0.1) is 11.6 Å². The van der Waals surface area contributed by atoms with Crippen LogP contribution in [0.15, 0.2) is 36.4 Å². The number of aliphatic hydroxyl groups excluding tert-OH is 1. The zero-order valence-corrected chi connectivity index (χ0v) is 19.7. The summed E-state index contributed by atoms with van der Waals surface area (Å²) in [6, 6.07) is 7.47. The Hall–Kier alpha value is -1.98. The van der Waals surface area contributed by atoms with Crippen LogP contribution in [-0.2, 0) is 14.3 Å². The van der Waals surface area contributed by atoms with Crippen molar-refractivity contribution in [3.8, 4) is 0 Å². The van der Waals surface area contributed by atoms with Crippen molar-refractivity contribution < 1.29 is 24.2 Å². The van der Waals surface area contributed by atoms with Crippen LogP contribution in [0.5, 0.6) is 0 Å². The number of carbonyl (C=O) groups excluding carboxylic acids is 3. The largest absolute Gasteiger partial charge is 0.463 e. The zero-order chi connectivity index (χ0) is 23.3. The molecule has 6 heteroatoms. The van der Waals surface area contributed by atoms with Crippen molar-refractivity contribution in [1.82, 2.24) is 0 Å². The number of hydrogen-bond acceptors (Lipinski definition) is 5. The fraction of sp³-hybridized carbons (Fsp3) is 0.577. The Morgan fingerprint density at radius 1 is 1.12 bits per heavy atom. The number of rotatable bonds is 14. The molecule has 0 spiro atoms. The molecule has 1 N–H and O–H groups in total. The Balaban J connectivity index is 1.89. The molecule has 3 atom stereocenters. The van der Waals surface area contributed by atoms with Crippen LogP contribution in [0.1, 0.15) is 86.6 Å². The number of hydrogen-bond donors (Lipinski definition) is 1. The second kappa shape index (κ2) is 14.2. The lowest BCUT2D eigenvalue weighted by atomic mass is 9.85. The Bertz CT molecular complexity index is 771. The number of unbranched alkanes of at least 4 members (excludes halogenated alkanes) is 3. The van der Waals surface area contributed by atoms with E-state index in [1.807, 2.05) is 36.4 Å². The predicted octanol–water partition coefficient (Wildman–Crippen LogP) is 5.38. The molecule has 0 heterocycles. The van der Waals surface area contributed by atoms with Gasteiger partial charge in [-0.1, -0.05) is 56.2 Å². The van der Waals surface area contributed by atoms with Gasteiger partial charge < -0.3 is 9.84 Å². The quantitative estimate of drug-likeness (QED) is 0.132. The molecule has 0 unspecified atom stereocenters. The predicted molar refractivity (Wildman–Crippen MR) is 126 cm³/mol. The lowest BCUT2D eigenvalue weighted by Gasteiger charge is -2.20. The minimum atomic E-state index is -0.304. The molecule has 1 fully saturated rings. The third-order valence-electron chi connectivity index (χ3n) is 5.92. The van der Waals surface area contributed by atoms with Gasteiger partial charge in [-0.3, -0.25) is 14.4 Å². The lowest BCUT2D eigenvalue weighted by molar-refractivity contribution is -0.144. The van der Waals surface area contributed by atoms with Crippen molar-refractivity contribution in [2.75, 3.05) is 13.2 Å². The van der Waals surface area contributed by atoms with Crippen LogP contribution in [0, 0.1) is 5.92 Å². The molecule has 0 saturated heterocycles.